The van der Waals surface area contributed by atoms with Crippen LogP contribution in [-0.2, 0) is 20.6 Å². The zero-order valence-electron chi connectivity index (χ0n) is 16.8. The average Bonchev–Trinajstić information content (AvgIpc) is 2.67. The summed E-state index contributed by atoms with van der Waals surface area (Å²) in [7, 11) is -3.84. The number of nitrogens with one attached hydrogen (secondary N) is 1. The third-order valence-corrected chi connectivity index (χ3v) is 7.06. The summed E-state index contributed by atoms with van der Waals surface area (Å²) in [6.07, 6.45) is 0.946. The first-order valence-electron chi connectivity index (χ1n) is 9.00. The predicted molar refractivity (Wildman–Crippen MR) is 126 cm³/mol. The van der Waals surface area contributed by atoms with Gasteiger partial charge in [0.25, 0.3) is 5.69 Å². The van der Waals surface area contributed by atoms with Crippen LogP contribution in [0.25, 0.3) is 0 Å². The number of rotatable bonds is 10. The van der Waals surface area contributed by atoms with Gasteiger partial charge in [-0.2, -0.15) is 11.8 Å². The summed E-state index contributed by atoms with van der Waals surface area (Å²) >= 11 is 13.8. The first kappa shape index (κ1) is 25.3. The highest BCUT2D eigenvalue weighted by Gasteiger charge is 2.24. The Hall–Kier alpha value is -2.01. The Labute approximate surface area is 195 Å². The molecule has 0 unspecified atom stereocenters. The van der Waals surface area contributed by atoms with Gasteiger partial charge in [-0.1, -0.05) is 35.3 Å². The van der Waals surface area contributed by atoms with Gasteiger partial charge in [0, 0.05) is 40.2 Å². The molecule has 0 aromatic heterocycles. The van der Waals surface area contributed by atoms with Gasteiger partial charge in [0.1, 0.15) is 6.54 Å². The Kier molecular flexibility index (Phi) is 8.99. The van der Waals surface area contributed by atoms with Gasteiger partial charge in [-0.3, -0.25) is 19.2 Å². The molecule has 0 bridgehead atoms. The Morgan fingerprint density at radius 3 is 2.45 bits per heavy atom. The minimum atomic E-state index is -3.84. The standard InChI is InChI=1S/C19H21Cl2N3O5S2/c1-13-6-7-14(24(26)27)10-18(13)23(31(2,28)29)11-19(25)22-8-9-30-12-15-16(20)4-3-5-17(15)21/h3-7,10H,8-9,11-12H2,1-2H3,(H,22,25). The first-order chi connectivity index (χ1) is 14.5. The fraction of sp³-hybridized carbons (Fsp3) is 0.316. The maximum atomic E-state index is 12.3. The number of amides is 1. The Morgan fingerprint density at radius 2 is 1.87 bits per heavy atom. The van der Waals surface area contributed by atoms with Gasteiger partial charge in [0.2, 0.25) is 15.9 Å². The molecule has 1 N–H and O–H groups in total. The van der Waals surface area contributed by atoms with Crippen LogP contribution in [0.15, 0.2) is 36.4 Å². The Morgan fingerprint density at radius 1 is 1.23 bits per heavy atom. The summed E-state index contributed by atoms with van der Waals surface area (Å²) in [5.41, 5.74) is 1.14. The van der Waals surface area contributed by atoms with Crippen LogP contribution in [0.1, 0.15) is 11.1 Å². The van der Waals surface area contributed by atoms with Crippen molar-refractivity contribution in [2.75, 3.05) is 29.4 Å². The molecular weight excluding hydrogens is 485 g/mol. The van der Waals surface area contributed by atoms with E-state index in [1.165, 1.54) is 23.9 Å². The van der Waals surface area contributed by atoms with Crippen molar-refractivity contribution in [3.05, 3.63) is 67.7 Å². The number of hydrogen-bond donors (Lipinski definition) is 1. The first-order valence-corrected chi connectivity index (χ1v) is 12.8. The molecule has 0 heterocycles. The number of sulfonamides is 1. The number of nitrogens with zero attached hydrogens (tertiary/aromatic N) is 2. The highest BCUT2D eigenvalue weighted by molar-refractivity contribution is 7.98. The van der Waals surface area contributed by atoms with E-state index in [-0.39, 0.29) is 11.4 Å². The van der Waals surface area contributed by atoms with Crippen molar-refractivity contribution in [2.45, 2.75) is 12.7 Å². The second-order valence-electron chi connectivity index (χ2n) is 6.60. The number of benzene rings is 2. The maximum Gasteiger partial charge on any atom is 0.271 e. The number of aryl methyl sites for hydroxylation is 1. The monoisotopic (exact) mass is 505 g/mol. The van der Waals surface area contributed by atoms with E-state index in [9.17, 15) is 23.3 Å². The fourth-order valence-electron chi connectivity index (χ4n) is 2.65. The number of carbonyl (C=O) groups excluding carboxylic acids is 1. The molecule has 8 nitrogen and oxygen atoms in total. The number of thioether (sulfide) groups is 1. The van der Waals surface area contributed by atoms with Crippen LogP contribution in [-0.4, -0.2) is 44.3 Å². The minimum Gasteiger partial charge on any atom is -0.354 e. The van der Waals surface area contributed by atoms with Crippen LogP contribution in [0.3, 0.4) is 0 Å². The molecule has 2 rings (SSSR count). The molecule has 0 aliphatic carbocycles. The summed E-state index contributed by atoms with van der Waals surface area (Å²) in [6.45, 7) is 1.44. The molecule has 1 amide bonds. The van der Waals surface area contributed by atoms with Crippen LogP contribution in [0, 0.1) is 17.0 Å². The molecule has 0 saturated carbocycles. The van der Waals surface area contributed by atoms with Gasteiger partial charge in [0.05, 0.1) is 16.9 Å². The van der Waals surface area contributed by atoms with Crippen molar-refractivity contribution in [3.63, 3.8) is 0 Å². The number of nitro groups is 1. The third-order valence-electron chi connectivity index (χ3n) is 4.24. The molecule has 12 heteroatoms. The predicted octanol–water partition coefficient (Wildman–Crippen LogP) is 4.03. The van der Waals surface area contributed by atoms with Crippen LogP contribution in [0.5, 0.6) is 0 Å². The van der Waals surface area contributed by atoms with E-state index in [4.69, 9.17) is 23.2 Å². The molecule has 2 aromatic rings. The number of hydrogen-bond acceptors (Lipinski definition) is 6. The van der Waals surface area contributed by atoms with Crippen LogP contribution in [0.2, 0.25) is 10.0 Å². The van der Waals surface area contributed by atoms with Crippen molar-refractivity contribution in [1.29, 1.82) is 0 Å². The quantitative estimate of drug-likeness (QED) is 0.296. The third kappa shape index (κ3) is 7.27. The zero-order chi connectivity index (χ0) is 23.2. The van der Waals surface area contributed by atoms with E-state index in [1.807, 2.05) is 0 Å². The molecule has 0 atom stereocenters. The van der Waals surface area contributed by atoms with Crippen molar-refractivity contribution in [2.24, 2.45) is 0 Å². The van der Waals surface area contributed by atoms with E-state index in [1.54, 1.807) is 25.1 Å². The lowest BCUT2D eigenvalue weighted by atomic mass is 10.2. The number of non-ortho nitro benzene ring substituents is 1. The molecular formula is C19H21Cl2N3O5S2. The molecule has 0 fully saturated rings. The number of carbonyl (C=O) groups is 1. The van der Waals surface area contributed by atoms with E-state index < -0.39 is 27.4 Å². The summed E-state index contributed by atoms with van der Waals surface area (Å²) in [5.74, 6) is 0.603. The van der Waals surface area contributed by atoms with E-state index in [2.05, 4.69) is 5.32 Å². The van der Waals surface area contributed by atoms with Crippen molar-refractivity contribution in [1.82, 2.24) is 5.32 Å². The largest absolute Gasteiger partial charge is 0.354 e. The van der Waals surface area contributed by atoms with Crippen LogP contribution >= 0.6 is 35.0 Å². The van der Waals surface area contributed by atoms with E-state index in [0.717, 1.165) is 22.2 Å². The summed E-state index contributed by atoms with van der Waals surface area (Å²) in [6, 6.07) is 9.13. The van der Waals surface area contributed by atoms with Crippen molar-refractivity contribution < 1.29 is 18.1 Å². The Balaban J connectivity index is 1.97. The fourth-order valence-corrected chi connectivity index (χ4v) is 5.16. The van der Waals surface area contributed by atoms with Crippen LogP contribution in [0.4, 0.5) is 11.4 Å². The van der Waals surface area contributed by atoms with Gasteiger partial charge in [-0.15, -0.1) is 0 Å². The molecule has 0 saturated heterocycles. The average molecular weight is 506 g/mol. The molecule has 31 heavy (non-hydrogen) atoms. The lowest BCUT2D eigenvalue weighted by Crippen LogP contribution is -2.41. The highest BCUT2D eigenvalue weighted by atomic mass is 35.5. The van der Waals surface area contributed by atoms with Gasteiger partial charge in [0.15, 0.2) is 0 Å². The summed E-state index contributed by atoms with van der Waals surface area (Å²) in [4.78, 5) is 22.8. The van der Waals surface area contributed by atoms with Gasteiger partial charge < -0.3 is 5.32 Å². The SMILES string of the molecule is Cc1ccc([N+](=O)[O-])cc1N(CC(=O)NCCSCc1c(Cl)cccc1Cl)S(C)(=O)=O. The topological polar surface area (TPSA) is 110 Å². The normalized spacial score (nSPS) is 11.2. The lowest BCUT2D eigenvalue weighted by molar-refractivity contribution is -0.384. The second kappa shape index (κ2) is 11.0. The number of nitro benzene ring substituents is 1. The van der Waals surface area contributed by atoms with Gasteiger partial charge in [-0.25, -0.2) is 8.42 Å². The molecule has 2 aromatic carbocycles. The zero-order valence-corrected chi connectivity index (χ0v) is 19.9. The minimum absolute atomic E-state index is 0.0922. The Bertz CT molecular complexity index is 1060. The molecule has 0 radical (unpaired) electrons. The summed E-state index contributed by atoms with van der Waals surface area (Å²) < 4.78 is 25.4. The van der Waals surface area contributed by atoms with E-state index in [0.29, 0.717) is 33.7 Å². The maximum absolute atomic E-state index is 12.3. The smallest absolute Gasteiger partial charge is 0.271 e. The molecule has 0 spiro atoms. The number of halogens is 2. The molecule has 0 aliphatic heterocycles. The summed E-state index contributed by atoms with van der Waals surface area (Å²) in [5, 5.41) is 14.8. The van der Waals surface area contributed by atoms with Crippen molar-refractivity contribution >= 4 is 62.3 Å². The van der Waals surface area contributed by atoms with E-state index >= 15 is 0 Å². The lowest BCUT2D eigenvalue weighted by Gasteiger charge is -2.23. The van der Waals surface area contributed by atoms with Gasteiger partial charge in [-0.05, 0) is 30.2 Å². The second-order valence-corrected chi connectivity index (χ2v) is 10.4. The molecule has 168 valence electrons. The molecule has 0 aliphatic rings. The van der Waals surface area contributed by atoms with Crippen molar-refractivity contribution in [3.8, 4) is 0 Å². The van der Waals surface area contributed by atoms with Gasteiger partial charge >= 0.3 is 0 Å². The number of anilines is 1. The van der Waals surface area contributed by atoms with Crippen LogP contribution < -0.4 is 9.62 Å². The highest BCUT2D eigenvalue weighted by Crippen LogP contribution is 2.28.